The lowest BCUT2D eigenvalue weighted by atomic mass is 9.78. The molecule has 0 radical (unpaired) electrons. The van der Waals surface area contributed by atoms with Crippen LogP contribution in [0.1, 0.15) is 26.7 Å². The lowest BCUT2D eigenvalue weighted by Crippen LogP contribution is -2.38. The zero-order valence-electron chi connectivity index (χ0n) is 17.6. The van der Waals surface area contributed by atoms with Gasteiger partial charge in [-0.15, -0.1) is 0 Å². The minimum absolute atomic E-state index is 0.0188. The third-order valence-corrected chi connectivity index (χ3v) is 7.01. The number of hydrogen-bond donors (Lipinski definition) is 2. The molecule has 3 aliphatic rings. The number of carbonyl (C=O) groups excluding carboxylic acids is 1. The summed E-state index contributed by atoms with van der Waals surface area (Å²) in [5.41, 5.74) is 4.70. The average molecular weight is 426 g/mol. The summed E-state index contributed by atoms with van der Waals surface area (Å²) in [5, 5.41) is 20.9. The van der Waals surface area contributed by atoms with Crippen molar-refractivity contribution in [2.75, 3.05) is 36.5 Å². The number of nitrogens with one attached hydrogen (secondary N) is 1. The van der Waals surface area contributed by atoms with Crippen molar-refractivity contribution in [2.24, 2.45) is 23.7 Å². The number of morpholine rings is 1. The van der Waals surface area contributed by atoms with E-state index in [-0.39, 0.29) is 17.7 Å². The first-order chi connectivity index (χ1) is 15.0. The van der Waals surface area contributed by atoms with Crippen molar-refractivity contribution in [3.8, 4) is 0 Å². The lowest BCUT2D eigenvalue weighted by Gasteiger charge is -2.29. The molecule has 31 heavy (non-hydrogen) atoms. The third-order valence-electron chi connectivity index (χ3n) is 7.01. The summed E-state index contributed by atoms with van der Waals surface area (Å²) in [6.45, 7) is 6.77. The van der Waals surface area contributed by atoms with Gasteiger partial charge in [0.2, 0.25) is 5.91 Å². The number of aromatic nitrogens is 2. The average Bonchev–Trinajstić information content (AvgIpc) is 3.47. The van der Waals surface area contributed by atoms with Crippen LogP contribution in [-0.2, 0) is 14.3 Å². The van der Waals surface area contributed by atoms with Crippen molar-refractivity contribution < 1.29 is 24.1 Å². The highest BCUT2D eigenvalue weighted by Gasteiger charge is 2.57. The number of carboxylic acid groups (broad SMARTS) is 1. The summed E-state index contributed by atoms with van der Waals surface area (Å²) in [6, 6.07) is 3.69. The number of carbonyl (C=O) groups is 2. The second kappa shape index (κ2) is 7.64. The normalized spacial score (nSPS) is 27.7. The smallest absolute Gasteiger partial charge is 0.307 e. The van der Waals surface area contributed by atoms with Gasteiger partial charge in [0, 0.05) is 13.1 Å². The number of rotatable bonds is 4. The second-order valence-corrected chi connectivity index (χ2v) is 8.82. The number of benzene rings is 1. The van der Waals surface area contributed by atoms with Crippen LogP contribution in [0.5, 0.6) is 0 Å². The van der Waals surface area contributed by atoms with Crippen LogP contribution < -0.4 is 10.2 Å². The number of anilines is 2. The molecule has 2 aliphatic carbocycles. The monoisotopic (exact) mass is 426 g/mol. The van der Waals surface area contributed by atoms with E-state index in [9.17, 15) is 14.7 Å². The fourth-order valence-corrected chi connectivity index (χ4v) is 5.83. The number of ether oxygens (including phenoxy) is 1. The van der Waals surface area contributed by atoms with Crippen molar-refractivity contribution in [2.45, 2.75) is 26.7 Å². The highest BCUT2D eigenvalue weighted by molar-refractivity contribution is 6.04. The van der Waals surface area contributed by atoms with E-state index in [4.69, 9.17) is 9.37 Å². The molecule has 2 heterocycles. The molecule has 5 rings (SSSR count). The molecule has 0 unspecified atom stereocenters. The number of allylic oxidation sites excluding steroid dienone is 2. The molecular weight excluding hydrogens is 400 g/mol. The van der Waals surface area contributed by atoms with Crippen molar-refractivity contribution in [3.63, 3.8) is 0 Å². The Kier molecular flexibility index (Phi) is 4.92. The summed E-state index contributed by atoms with van der Waals surface area (Å²) in [6.07, 6.45) is 1.68. The molecule has 1 aromatic carbocycles. The molecule has 9 heteroatoms. The zero-order valence-corrected chi connectivity index (χ0v) is 17.6. The van der Waals surface area contributed by atoms with Crippen LogP contribution in [-0.4, -0.2) is 53.6 Å². The Bertz CT molecular complexity index is 1070. The van der Waals surface area contributed by atoms with Gasteiger partial charge in [-0.3, -0.25) is 9.59 Å². The first kappa shape index (κ1) is 20.0. The molecule has 2 aromatic rings. The van der Waals surface area contributed by atoms with Gasteiger partial charge in [-0.2, -0.15) is 0 Å². The Morgan fingerprint density at radius 1 is 1.06 bits per heavy atom. The van der Waals surface area contributed by atoms with Crippen molar-refractivity contribution in [1.29, 1.82) is 0 Å². The van der Waals surface area contributed by atoms with Gasteiger partial charge in [-0.05, 0) is 61.0 Å². The van der Waals surface area contributed by atoms with E-state index in [1.54, 1.807) is 6.07 Å². The number of amides is 1. The molecule has 1 saturated heterocycles. The first-order valence-electron chi connectivity index (χ1n) is 10.8. The van der Waals surface area contributed by atoms with Crippen LogP contribution in [0.25, 0.3) is 11.0 Å². The fraction of sp³-hybridized carbons (Fsp3) is 0.545. The number of hydrogen-bond acceptors (Lipinski definition) is 7. The van der Waals surface area contributed by atoms with Gasteiger partial charge in [0.1, 0.15) is 0 Å². The first-order valence-corrected chi connectivity index (χ1v) is 10.8. The molecule has 2 saturated carbocycles. The van der Waals surface area contributed by atoms with Gasteiger partial charge in [0.15, 0.2) is 11.0 Å². The van der Waals surface area contributed by atoms with Gasteiger partial charge >= 0.3 is 5.97 Å². The molecule has 164 valence electrons. The van der Waals surface area contributed by atoms with E-state index >= 15 is 0 Å². The van der Waals surface area contributed by atoms with Crippen molar-refractivity contribution in [1.82, 2.24) is 10.3 Å². The van der Waals surface area contributed by atoms with E-state index in [2.05, 4.69) is 20.5 Å². The predicted molar refractivity (Wildman–Crippen MR) is 113 cm³/mol. The highest BCUT2D eigenvalue weighted by Crippen LogP contribution is 2.57. The minimum atomic E-state index is -0.901. The van der Waals surface area contributed by atoms with E-state index in [1.807, 2.05) is 19.9 Å². The maximum atomic E-state index is 13.3. The van der Waals surface area contributed by atoms with Crippen molar-refractivity contribution in [3.05, 3.63) is 23.3 Å². The van der Waals surface area contributed by atoms with Crippen LogP contribution in [0.4, 0.5) is 11.4 Å². The van der Waals surface area contributed by atoms with Gasteiger partial charge < -0.3 is 20.1 Å². The quantitative estimate of drug-likeness (QED) is 0.717. The molecular formula is C22H26N4O5. The van der Waals surface area contributed by atoms with Crippen molar-refractivity contribution >= 4 is 34.3 Å². The summed E-state index contributed by atoms with van der Waals surface area (Å²) in [4.78, 5) is 27.6. The van der Waals surface area contributed by atoms with Crippen LogP contribution in [0.2, 0.25) is 0 Å². The molecule has 2 bridgehead atoms. The molecule has 1 amide bonds. The summed E-state index contributed by atoms with van der Waals surface area (Å²) >= 11 is 0. The number of aliphatic carboxylic acids is 1. The highest BCUT2D eigenvalue weighted by atomic mass is 16.6. The Labute approximate surface area is 179 Å². The number of nitrogens with zero attached hydrogens (tertiary/aromatic N) is 3. The zero-order chi connectivity index (χ0) is 21.7. The van der Waals surface area contributed by atoms with Gasteiger partial charge in [0.25, 0.3) is 0 Å². The molecule has 1 aliphatic heterocycles. The standard InChI is InChI=1S/C22H26N4O5/c1-11(2)16-12-3-4-13(16)18(22(28)29)17(12)21(27)23-14-5-6-15(20-19(14)24-31-25-20)26-7-9-30-10-8-26/h5-6,12-13,17-18H,3-4,7-10H2,1-2H3,(H,23,27)(H,28,29)/t12-,13-,17+,18-/m1/s1. The van der Waals surface area contributed by atoms with E-state index in [0.29, 0.717) is 29.9 Å². The lowest BCUT2D eigenvalue weighted by molar-refractivity contribution is -0.148. The van der Waals surface area contributed by atoms with E-state index < -0.39 is 17.8 Å². The number of carboxylic acids is 1. The van der Waals surface area contributed by atoms with E-state index in [0.717, 1.165) is 42.8 Å². The molecule has 4 atom stereocenters. The summed E-state index contributed by atoms with van der Waals surface area (Å²) in [5.74, 6) is -2.53. The minimum Gasteiger partial charge on any atom is -0.481 e. The summed E-state index contributed by atoms with van der Waals surface area (Å²) < 4.78 is 10.4. The van der Waals surface area contributed by atoms with Gasteiger partial charge in [-0.25, -0.2) is 4.63 Å². The maximum Gasteiger partial charge on any atom is 0.307 e. The molecule has 3 fully saturated rings. The summed E-state index contributed by atoms with van der Waals surface area (Å²) in [7, 11) is 0. The van der Waals surface area contributed by atoms with Crippen LogP contribution >= 0.6 is 0 Å². The maximum absolute atomic E-state index is 13.3. The molecule has 9 nitrogen and oxygen atoms in total. The Balaban J connectivity index is 1.45. The third kappa shape index (κ3) is 3.18. The van der Waals surface area contributed by atoms with Gasteiger partial charge in [-0.1, -0.05) is 11.1 Å². The Hall–Kier alpha value is -2.94. The number of fused-ring (bicyclic) bond motifs is 3. The van der Waals surface area contributed by atoms with Crippen LogP contribution in [0, 0.1) is 23.7 Å². The Morgan fingerprint density at radius 3 is 2.42 bits per heavy atom. The van der Waals surface area contributed by atoms with Crippen LogP contribution in [0.15, 0.2) is 27.9 Å². The van der Waals surface area contributed by atoms with Gasteiger partial charge in [0.05, 0.1) is 36.4 Å². The fourth-order valence-electron chi connectivity index (χ4n) is 5.83. The Morgan fingerprint density at radius 2 is 1.74 bits per heavy atom. The van der Waals surface area contributed by atoms with Crippen LogP contribution in [0.3, 0.4) is 0 Å². The molecule has 0 spiro atoms. The molecule has 2 N–H and O–H groups in total. The topological polar surface area (TPSA) is 118 Å². The SMILES string of the molecule is CC(C)=C1[C@H]2CC[C@H]1[C@@H](C(=O)O)[C@H]2C(=O)Nc1ccc(N2CCOCC2)c2nonc12. The largest absolute Gasteiger partial charge is 0.481 e. The predicted octanol–water partition coefficient (Wildman–Crippen LogP) is 2.69. The molecule has 1 aromatic heterocycles. The second-order valence-electron chi connectivity index (χ2n) is 8.82. The van der Waals surface area contributed by atoms with E-state index in [1.165, 1.54) is 0 Å².